The Morgan fingerprint density at radius 1 is 1.50 bits per heavy atom. The molecule has 0 spiro atoms. The number of likely N-dealkylation sites (N-methyl/N-ethyl adjacent to an activating group) is 1. The Hall–Kier alpha value is -0.910. The first-order chi connectivity index (χ1) is 9.78. The number of amides is 1. The summed E-state index contributed by atoms with van der Waals surface area (Å²) in [5.74, 6) is 0.871. The Kier molecular flexibility index (Phi) is 6.50. The number of rotatable bonds is 7. The number of thiophene rings is 1. The Labute approximate surface area is 125 Å². The summed E-state index contributed by atoms with van der Waals surface area (Å²) in [6, 6.07) is 4.07. The largest absolute Gasteiger partial charge is 0.350 e. The van der Waals surface area contributed by atoms with E-state index in [0.29, 0.717) is 13.1 Å². The molecule has 0 radical (unpaired) electrons. The van der Waals surface area contributed by atoms with E-state index in [4.69, 9.17) is 0 Å². The standard InChI is InChI=1S/C15H25N3OS/c1-2-18(11-13-5-7-16-8-6-13)12-15(19)17-10-14-4-3-9-20-14/h3-4,9,13,16H,2,5-8,10-12H2,1H3,(H,17,19). The molecule has 0 unspecified atom stereocenters. The van der Waals surface area contributed by atoms with Gasteiger partial charge in [0, 0.05) is 11.4 Å². The predicted octanol–water partition coefficient (Wildman–Crippen LogP) is 1.69. The molecule has 1 aliphatic heterocycles. The molecule has 1 aromatic rings. The van der Waals surface area contributed by atoms with Crippen molar-refractivity contribution in [3.05, 3.63) is 22.4 Å². The highest BCUT2D eigenvalue weighted by molar-refractivity contribution is 7.09. The molecule has 2 rings (SSSR count). The summed E-state index contributed by atoms with van der Waals surface area (Å²) in [4.78, 5) is 15.5. The number of hydrogen-bond donors (Lipinski definition) is 2. The first-order valence-corrected chi connectivity index (χ1v) is 8.38. The Morgan fingerprint density at radius 2 is 2.30 bits per heavy atom. The van der Waals surface area contributed by atoms with Gasteiger partial charge in [-0.1, -0.05) is 13.0 Å². The van der Waals surface area contributed by atoms with Crippen LogP contribution < -0.4 is 10.6 Å². The number of carbonyl (C=O) groups excluding carboxylic acids is 1. The summed E-state index contributed by atoms with van der Waals surface area (Å²) < 4.78 is 0. The Bertz CT molecular complexity index is 388. The fraction of sp³-hybridized carbons (Fsp3) is 0.667. The van der Waals surface area contributed by atoms with Crippen LogP contribution in [0.4, 0.5) is 0 Å². The second-order valence-electron chi connectivity index (χ2n) is 5.38. The van der Waals surface area contributed by atoms with E-state index in [-0.39, 0.29) is 5.91 Å². The molecule has 1 saturated heterocycles. The number of hydrogen-bond acceptors (Lipinski definition) is 4. The zero-order chi connectivity index (χ0) is 14.2. The maximum atomic E-state index is 12.0. The van der Waals surface area contributed by atoms with Crippen molar-refractivity contribution < 1.29 is 4.79 Å². The molecule has 0 saturated carbocycles. The maximum absolute atomic E-state index is 12.0. The number of piperidine rings is 1. The predicted molar refractivity (Wildman–Crippen MR) is 83.9 cm³/mol. The first-order valence-electron chi connectivity index (χ1n) is 7.50. The quantitative estimate of drug-likeness (QED) is 0.804. The van der Waals surface area contributed by atoms with Crippen molar-refractivity contribution in [2.45, 2.75) is 26.3 Å². The lowest BCUT2D eigenvalue weighted by molar-refractivity contribution is -0.122. The summed E-state index contributed by atoms with van der Waals surface area (Å²) >= 11 is 1.68. The van der Waals surface area contributed by atoms with Crippen LogP contribution in [0.3, 0.4) is 0 Å². The fourth-order valence-electron chi connectivity index (χ4n) is 2.59. The molecule has 0 aromatic carbocycles. The normalized spacial score (nSPS) is 16.5. The Balaban J connectivity index is 1.69. The Morgan fingerprint density at radius 3 is 2.95 bits per heavy atom. The molecule has 2 N–H and O–H groups in total. The van der Waals surface area contributed by atoms with Crippen molar-refractivity contribution in [2.24, 2.45) is 5.92 Å². The summed E-state index contributed by atoms with van der Waals surface area (Å²) in [7, 11) is 0. The molecule has 1 aliphatic rings. The van der Waals surface area contributed by atoms with Crippen LogP contribution in [-0.2, 0) is 11.3 Å². The van der Waals surface area contributed by atoms with Gasteiger partial charge in [-0.25, -0.2) is 0 Å². The van der Waals surface area contributed by atoms with E-state index >= 15 is 0 Å². The van der Waals surface area contributed by atoms with Gasteiger partial charge in [-0.2, -0.15) is 0 Å². The van der Waals surface area contributed by atoms with Gasteiger partial charge in [-0.15, -0.1) is 11.3 Å². The van der Waals surface area contributed by atoms with Gasteiger partial charge < -0.3 is 10.6 Å². The lowest BCUT2D eigenvalue weighted by Crippen LogP contribution is -2.41. The van der Waals surface area contributed by atoms with Gasteiger partial charge in [0.1, 0.15) is 0 Å². The minimum absolute atomic E-state index is 0.134. The van der Waals surface area contributed by atoms with Crippen LogP contribution in [0.5, 0.6) is 0 Å². The van der Waals surface area contributed by atoms with E-state index < -0.39 is 0 Å². The van der Waals surface area contributed by atoms with E-state index in [1.165, 1.54) is 17.7 Å². The van der Waals surface area contributed by atoms with Gasteiger partial charge in [-0.3, -0.25) is 9.69 Å². The van der Waals surface area contributed by atoms with Crippen molar-refractivity contribution in [3.63, 3.8) is 0 Å². The smallest absolute Gasteiger partial charge is 0.234 e. The molecular formula is C15H25N3OS. The molecule has 5 heteroatoms. The molecular weight excluding hydrogens is 270 g/mol. The topological polar surface area (TPSA) is 44.4 Å². The van der Waals surface area contributed by atoms with Crippen LogP contribution in [0.25, 0.3) is 0 Å². The highest BCUT2D eigenvalue weighted by Crippen LogP contribution is 2.13. The monoisotopic (exact) mass is 295 g/mol. The average molecular weight is 295 g/mol. The van der Waals surface area contributed by atoms with Crippen LogP contribution in [0.2, 0.25) is 0 Å². The third-order valence-corrected chi connectivity index (χ3v) is 4.71. The molecule has 1 fully saturated rings. The van der Waals surface area contributed by atoms with Crippen molar-refractivity contribution in [1.29, 1.82) is 0 Å². The van der Waals surface area contributed by atoms with E-state index in [0.717, 1.165) is 32.1 Å². The zero-order valence-corrected chi connectivity index (χ0v) is 13.0. The third kappa shape index (κ3) is 5.23. The summed E-state index contributed by atoms with van der Waals surface area (Å²) in [6.07, 6.45) is 2.46. The van der Waals surface area contributed by atoms with Crippen molar-refractivity contribution >= 4 is 17.2 Å². The summed E-state index contributed by atoms with van der Waals surface area (Å²) in [5.41, 5.74) is 0. The fourth-order valence-corrected chi connectivity index (χ4v) is 3.24. The molecule has 0 bridgehead atoms. The van der Waals surface area contributed by atoms with E-state index in [9.17, 15) is 4.79 Å². The van der Waals surface area contributed by atoms with Crippen molar-refractivity contribution in [1.82, 2.24) is 15.5 Å². The van der Waals surface area contributed by atoms with E-state index in [2.05, 4.69) is 28.5 Å². The van der Waals surface area contributed by atoms with Crippen LogP contribution in [0.15, 0.2) is 17.5 Å². The molecule has 112 valence electrons. The second-order valence-corrected chi connectivity index (χ2v) is 6.41. The minimum atomic E-state index is 0.134. The maximum Gasteiger partial charge on any atom is 0.234 e. The highest BCUT2D eigenvalue weighted by atomic mass is 32.1. The molecule has 1 amide bonds. The number of carbonyl (C=O) groups is 1. The molecule has 4 nitrogen and oxygen atoms in total. The molecule has 2 heterocycles. The lowest BCUT2D eigenvalue weighted by Gasteiger charge is -2.28. The molecule has 20 heavy (non-hydrogen) atoms. The van der Waals surface area contributed by atoms with Crippen LogP contribution >= 0.6 is 11.3 Å². The van der Waals surface area contributed by atoms with Crippen LogP contribution in [-0.4, -0.2) is 43.5 Å². The van der Waals surface area contributed by atoms with Gasteiger partial charge in [-0.05, 0) is 49.8 Å². The van der Waals surface area contributed by atoms with Gasteiger partial charge in [0.05, 0.1) is 13.1 Å². The number of nitrogens with zero attached hydrogens (tertiary/aromatic N) is 1. The summed E-state index contributed by atoms with van der Waals surface area (Å²) in [5, 5.41) is 8.43. The zero-order valence-electron chi connectivity index (χ0n) is 12.2. The van der Waals surface area contributed by atoms with Crippen molar-refractivity contribution in [2.75, 3.05) is 32.7 Å². The third-order valence-electron chi connectivity index (χ3n) is 3.83. The number of nitrogens with one attached hydrogen (secondary N) is 2. The average Bonchev–Trinajstić information content (AvgIpc) is 2.99. The van der Waals surface area contributed by atoms with Crippen molar-refractivity contribution in [3.8, 4) is 0 Å². The van der Waals surface area contributed by atoms with Gasteiger partial charge >= 0.3 is 0 Å². The first kappa shape index (κ1) is 15.5. The van der Waals surface area contributed by atoms with Crippen LogP contribution in [0, 0.1) is 5.92 Å². The minimum Gasteiger partial charge on any atom is -0.350 e. The molecule has 0 aliphatic carbocycles. The lowest BCUT2D eigenvalue weighted by atomic mass is 9.97. The SMILES string of the molecule is CCN(CC(=O)NCc1cccs1)CC1CCNCC1. The second kappa shape index (κ2) is 8.39. The highest BCUT2D eigenvalue weighted by Gasteiger charge is 2.17. The van der Waals surface area contributed by atoms with Crippen LogP contribution in [0.1, 0.15) is 24.6 Å². The molecule has 0 atom stereocenters. The summed E-state index contributed by atoms with van der Waals surface area (Å²) in [6.45, 7) is 7.53. The van der Waals surface area contributed by atoms with Gasteiger partial charge in [0.15, 0.2) is 0 Å². The van der Waals surface area contributed by atoms with E-state index in [1.54, 1.807) is 11.3 Å². The molecule has 1 aromatic heterocycles. The van der Waals surface area contributed by atoms with E-state index in [1.807, 2.05) is 11.4 Å². The van der Waals surface area contributed by atoms with Gasteiger partial charge in [0.2, 0.25) is 5.91 Å². The van der Waals surface area contributed by atoms with Gasteiger partial charge in [0.25, 0.3) is 0 Å².